The van der Waals surface area contributed by atoms with Crippen LogP contribution >= 0.6 is 11.6 Å². The zero-order valence-corrected chi connectivity index (χ0v) is 18.5. The highest BCUT2D eigenvalue weighted by atomic mass is 35.5. The molecule has 0 radical (unpaired) electrons. The number of amides is 1. The van der Waals surface area contributed by atoms with Crippen molar-refractivity contribution in [2.45, 2.75) is 43.5 Å². The number of para-hydroxylation sites is 1. The number of fused-ring (bicyclic) bond motifs is 1. The minimum atomic E-state index is -3.58. The second-order valence-corrected chi connectivity index (χ2v) is 10.3. The number of nitrogens with zero attached hydrogens (tertiary/aromatic N) is 2. The first-order valence-corrected chi connectivity index (χ1v) is 12.1. The van der Waals surface area contributed by atoms with Crippen molar-refractivity contribution in [2.24, 2.45) is 0 Å². The highest BCUT2D eigenvalue weighted by Gasteiger charge is 2.28. The van der Waals surface area contributed by atoms with Crippen molar-refractivity contribution in [1.29, 1.82) is 0 Å². The summed E-state index contributed by atoms with van der Waals surface area (Å²) in [5, 5.41) is 3.13. The van der Waals surface area contributed by atoms with E-state index >= 15 is 0 Å². The normalized spacial score (nSPS) is 19.5. The molecular weight excluding hydrogens is 422 g/mol. The second-order valence-electron chi connectivity index (χ2n) is 7.95. The maximum Gasteiger partial charge on any atom is 0.243 e. The molecule has 8 heteroatoms. The molecule has 1 fully saturated rings. The smallest absolute Gasteiger partial charge is 0.243 e. The number of hydrogen-bond donors (Lipinski definition) is 1. The molecule has 0 bridgehead atoms. The summed E-state index contributed by atoms with van der Waals surface area (Å²) >= 11 is 6.27. The average molecular weight is 448 g/mol. The van der Waals surface area contributed by atoms with Crippen LogP contribution in [0.5, 0.6) is 0 Å². The zero-order valence-electron chi connectivity index (χ0n) is 17.0. The molecule has 1 saturated heterocycles. The van der Waals surface area contributed by atoms with Crippen LogP contribution < -0.4 is 10.2 Å². The third-order valence-electron chi connectivity index (χ3n) is 5.89. The van der Waals surface area contributed by atoms with E-state index in [4.69, 9.17) is 11.6 Å². The standard InChI is InChI=1S/C22H26ClN3O3S/c1-16-8-9-17-6-2-3-7-21(17)26(16)15-22(27)24-20-14-18(10-11-19(20)23)30(28,29)25-12-4-5-13-25/h2-3,6-7,10-11,14,16H,4-5,8-9,12-13,15H2,1H3,(H,24,27). The van der Waals surface area contributed by atoms with Crippen molar-refractivity contribution < 1.29 is 13.2 Å². The van der Waals surface area contributed by atoms with Crippen molar-refractivity contribution in [3.05, 3.63) is 53.1 Å². The van der Waals surface area contributed by atoms with Gasteiger partial charge in [-0.3, -0.25) is 4.79 Å². The van der Waals surface area contributed by atoms with Gasteiger partial charge in [0.2, 0.25) is 15.9 Å². The van der Waals surface area contributed by atoms with Gasteiger partial charge in [0.15, 0.2) is 0 Å². The van der Waals surface area contributed by atoms with Gasteiger partial charge >= 0.3 is 0 Å². The Morgan fingerprint density at radius 2 is 1.90 bits per heavy atom. The van der Waals surface area contributed by atoms with Crippen LogP contribution in [0.3, 0.4) is 0 Å². The fraction of sp³-hybridized carbons (Fsp3) is 0.409. The molecule has 0 aromatic heterocycles. The van der Waals surface area contributed by atoms with Crippen molar-refractivity contribution >= 4 is 38.9 Å². The Kier molecular flexibility index (Phi) is 6.04. The molecule has 1 amide bonds. The molecule has 0 saturated carbocycles. The molecule has 4 rings (SSSR count). The van der Waals surface area contributed by atoms with Crippen molar-refractivity contribution in [1.82, 2.24) is 4.31 Å². The van der Waals surface area contributed by atoms with Crippen LogP contribution in [0.1, 0.15) is 31.7 Å². The molecule has 2 aliphatic rings. The Labute approximate surface area is 182 Å². The SMILES string of the molecule is CC1CCc2ccccc2N1CC(=O)Nc1cc(S(=O)(=O)N2CCCC2)ccc1Cl. The van der Waals surface area contributed by atoms with Gasteiger partial charge in [0.05, 0.1) is 22.2 Å². The molecular formula is C22H26ClN3O3S. The van der Waals surface area contributed by atoms with E-state index in [-0.39, 0.29) is 23.4 Å². The van der Waals surface area contributed by atoms with E-state index in [1.165, 1.54) is 28.1 Å². The molecule has 1 N–H and O–H groups in total. The third kappa shape index (κ3) is 4.19. The number of hydrogen-bond acceptors (Lipinski definition) is 4. The van der Waals surface area contributed by atoms with Crippen LogP contribution in [0, 0.1) is 0 Å². The summed E-state index contributed by atoms with van der Waals surface area (Å²) in [6, 6.07) is 12.8. The van der Waals surface area contributed by atoms with E-state index in [1.54, 1.807) is 0 Å². The van der Waals surface area contributed by atoms with Gasteiger partial charge in [-0.25, -0.2) is 8.42 Å². The van der Waals surface area contributed by atoms with Crippen LogP contribution in [0.2, 0.25) is 5.02 Å². The average Bonchev–Trinajstić information content (AvgIpc) is 3.27. The molecule has 0 spiro atoms. The molecule has 2 aliphatic heterocycles. The maximum absolute atomic E-state index is 12.8. The largest absolute Gasteiger partial charge is 0.359 e. The first-order valence-electron chi connectivity index (χ1n) is 10.3. The van der Waals surface area contributed by atoms with Crippen molar-refractivity contribution in [2.75, 3.05) is 29.9 Å². The number of rotatable bonds is 5. The van der Waals surface area contributed by atoms with Gasteiger partial charge in [0, 0.05) is 24.8 Å². The predicted octanol–water partition coefficient (Wildman–Crippen LogP) is 3.90. The minimum Gasteiger partial charge on any atom is -0.359 e. The number of benzene rings is 2. The Hall–Kier alpha value is -2.09. The molecule has 2 heterocycles. The van der Waals surface area contributed by atoms with Gasteiger partial charge in [0.1, 0.15) is 0 Å². The highest BCUT2D eigenvalue weighted by molar-refractivity contribution is 7.89. The van der Waals surface area contributed by atoms with Gasteiger partial charge in [-0.15, -0.1) is 0 Å². The summed E-state index contributed by atoms with van der Waals surface area (Å²) in [7, 11) is -3.58. The van der Waals surface area contributed by atoms with Crippen LogP contribution in [0.25, 0.3) is 0 Å². The molecule has 1 unspecified atom stereocenters. The number of halogens is 1. The van der Waals surface area contributed by atoms with Gasteiger partial charge in [-0.2, -0.15) is 4.31 Å². The van der Waals surface area contributed by atoms with Gasteiger partial charge < -0.3 is 10.2 Å². The third-order valence-corrected chi connectivity index (χ3v) is 8.12. The number of nitrogens with one attached hydrogen (secondary N) is 1. The maximum atomic E-state index is 12.8. The Morgan fingerprint density at radius 1 is 1.17 bits per heavy atom. The van der Waals surface area contributed by atoms with Crippen molar-refractivity contribution in [3.63, 3.8) is 0 Å². The lowest BCUT2D eigenvalue weighted by molar-refractivity contribution is -0.115. The minimum absolute atomic E-state index is 0.154. The lowest BCUT2D eigenvalue weighted by atomic mass is 9.96. The lowest BCUT2D eigenvalue weighted by Gasteiger charge is -2.36. The van der Waals surface area contributed by atoms with Gasteiger partial charge in [-0.1, -0.05) is 29.8 Å². The summed E-state index contributed by atoms with van der Waals surface area (Å²) in [6.45, 7) is 3.34. The Bertz CT molecular complexity index is 1050. The van der Waals surface area contributed by atoms with Crippen LogP contribution in [-0.4, -0.2) is 44.3 Å². The molecule has 2 aromatic carbocycles. The number of carbonyl (C=O) groups is 1. The lowest BCUT2D eigenvalue weighted by Crippen LogP contribution is -2.42. The molecule has 6 nitrogen and oxygen atoms in total. The topological polar surface area (TPSA) is 69.7 Å². The molecule has 0 aliphatic carbocycles. The van der Waals surface area contributed by atoms with Gasteiger partial charge in [-0.05, 0) is 62.4 Å². The number of carbonyl (C=O) groups excluding carboxylic acids is 1. The van der Waals surface area contributed by atoms with Crippen LogP contribution in [0.4, 0.5) is 11.4 Å². The number of anilines is 2. The van der Waals surface area contributed by atoms with Crippen LogP contribution in [0.15, 0.2) is 47.4 Å². The summed E-state index contributed by atoms with van der Waals surface area (Å²) in [4.78, 5) is 15.1. The number of sulfonamides is 1. The molecule has 30 heavy (non-hydrogen) atoms. The summed E-state index contributed by atoms with van der Waals surface area (Å²) in [5.41, 5.74) is 2.63. The monoisotopic (exact) mass is 447 g/mol. The van der Waals surface area contributed by atoms with Gasteiger partial charge in [0.25, 0.3) is 0 Å². The Morgan fingerprint density at radius 3 is 2.67 bits per heavy atom. The van der Waals surface area contributed by atoms with Crippen molar-refractivity contribution in [3.8, 4) is 0 Å². The summed E-state index contributed by atoms with van der Waals surface area (Å²) in [6.07, 6.45) is 3.71. The van der Waals surface area contributed by atoms with Crippen LogP contribution in [-0.2, 0) is 21.2 Å². The first-order chi connectivity index (χ1) is 14.4. The van der Waals surface area contributed by atoms with E-state index < -0.39 is 10.0 Å². The summed E-state index contributed by atoms with van der Waals surface area (Å²) in [5.74, 6) is -0.226. The fourth-order valence-corrected chi connectivity index (χ4v) is 5.89. The predicted molar refractivity (Wildman–Crippen MR) is 120 cm³/mol. The molecule has 160 valence electrons. The molecule has 2 aromatic rings. The zero-order chi connectivity index (χ0) is 21.3. The van der Waals surface area contributed by atoms with E-state index in [9.17, 15) is 13.2 Å². The molecule has 1 atom stereocenters. The first kappa shape index (κ1) is 21.2. The second kappa shape index (κ2) is 8.57. The van der Waals surface area contributed by atoms with E-state index in [1.807, 2.05) is 18.2 Å². The quantitative estimate of drug-likeness (QED) is 0.754. The fourth-order valence-electron chi connectivity index (χ4n) is 4.18. The highest BCUT2D eigenvalue weighted by Crippen LogP contribution is 2.31. The van der Waals surface area contributed by atoms with E-state index in [0.717, 1.165) is 31.4 Å². The van der Waals surface area contributed by atoms with E-state index in [0.29, 0.717) is 23.8 Å². The Balaban J connectivity index is 1.52. The van der Waals surface area contributed by atoms with E-state index in [2.05, 4.69) is 23.2 Å². The number of aryl methyl sites for hydroxylation is 1. The summed E-state index contributed by atoms with van der Waals surface area (Å²) < 4.78 is 27.2.